The molecule has 0 aromatic carbocycles. The fourth-order valence-corrected chi connectivity index (χ4v) is 3.49. The van der Waals surface area contributed by atoms with Gasteiger partial charge in [-0.15, -0.1) is 0 Å². The number of carbonyl (C=O) groups excluding carboxylic acids is 2. The van der Waals surface area contributed by atoms with Crippen molar-refractivity contribution in [2.24, 2.45) is 0 Å². The predicted octanol–water partition coefficient (Wildman–Crippen LogP) is 5.80. The van der Waals surface area contributed by atoms with Crippen LogP contribution in [0.3, 0.4) is 0 Å². The summed E-state index contributed by atoms with van der Waals surface area (Å²) in [5, 5.41) is 6.87. The molecule has 0 bridgehead atoms. The van der Waals surface area contributed by atoms with Gasteiger partial charge >= 0.3 is 12.2 Å². The van der Waals surface area contributed by atoms with Gasteiger partial charge in [0.15, 0.2) is 0 Å². The Kier molecular flexibility index (Phi) is 18.7. The van der Waals surface area contributed by atoms with Crippen LogP contribution in [0.2, 0.25) is 0 Å². The fourth-order valence-electron chi connectivity index (χ4n) is 3.49. The second-order valence-electron chi connectivity index (χ2n) is 11.6. The topological polar surface area (TPSA) is 83.1 Å². The summed E-state index contributed by atoms with van der Waals surface area (Å²) in [6.45, 7) is 22.1. The maximum Gasteiger partial charge on any atom is 0.410 e. The van der Waals surface area contributed by atoms with E-state index in [4.69, 9.17) is 9.47 Å². The molecule has 0 saturated carbocycles. The van der Waals surface area contributed by atoms with Crippen molar-refractivity contribution < 1.29 is 19.1 Å². The van der Waals surface area contributed by atoms with Crippen LogP contribution in [0, 0.1) is 0 Å². The Balaban J connectivity index is 4.76. The molecule has 0 rings (SSSR count). The Morgan fingerprint density at radius 3 is 1.17 bits per heavy atom. The van der Waals surface area contributed by atoms with Crippen molar-refractivity contribution in [1.29, 1.82) is 0 Å². The van der Waals surface area contributed by atoms with Gasteiger partial charge in [-0.25, -0.2) is 9.59 Å². The standard InChI is InChI=1S/C28H58N4O4/c1-9-11-17-29-19-15-23-31(25(33)35-27(3,4)5)21-13-14-22-32(26(34)36-28(6,7)8)24-16-20-30-18-12-10-2/h29-30H,9-24H2,1-8H3. The molecule has 8 heteroatoms. The number of carbonyl (C=O) groups is 2. The van der Waals surface area contributed by atoms with Gasteiger partial charge in [0.1, 0.15) is 11.2 Å². The highest BCUT2D eigenvalue weighted by atomic mass is 16.6. The maximum atomic E-state index is 12.8. The average Bonchev–Trinajstić information content (AvgIpc) is 2.75. The fraction of sp³-hybridized carbons (Fsp3) is 0.929. The van der Waals surface area contributed by atoms with E-state index in [-0.39, 0.29) is 12.2 Å². The number of nitrogens with one attached hydrogen (secondary N) is 2. The maximum absolute atomic E-state index is 12.8. The van der Waals surface area contributed by atoms with E-state index in [0.717, 1.165) is 51.9 Å². The summed E-state index contributed by atoms with van der Waals surface area (Å²) in [4.78, 5) is 29.1. The van der Waals surface area contributed by atoms with Crippen molar-refractivity contribution in [2.75, 3.05) is 52.4 Å². The molecular weight excluding hydrogens is 456 g/mol. The van der Waals surface area contributed by atoms with Gasteiger partial charge in [-0.05, 0) is 106 Å². The Morgan fingerprint density at radius 2 is 0.861 bits per heavy atom. The number of rotatable bonds is 19. The average molecular weight is 515 g/mol. The first-order valence-electron chi connectivity index (χ1n) is 14.3. The summed E-state index contributed by atoms with van der Waals surface area (Å²) in [5.41, 5.74) is -1.04. The molecule has 2 amide bonds. The molecule has 0 radical (unpaired) electrons. The molecule has 0 aromatic heterocycles. The van der Waals surface area contributed by atoms with Crippen molar-refractivity contribution in [1.82, 2.24) is 20.4 Å². The smallest absolute Gasteiger partial charge is 0.410 e. The lowest BCUT2D eigenvalue weighted by Crippen LogP contribution is -2.40. The predicted molar refractivity (Wildman–Crippen MR) is 150 cm³/mol. The van der Waals surface area contributed by atoms with Crippen LogP contribution in [0.1, 0.15) is 107 Å². The molecule has 0 saturated heterocycles. The number of ether oxygens (including phenoxy) is 2. The minimum atomic E-state index is -0.520. The molecule has 0 aliphatic rings. The van der Waals surface area contributed by atoms with Gasteiger partial charge in [-0.3, -0.25) is 0 Å². The number of nitrogens with zero attached hydrogens (tertiary/aromatic N) is 2. The third-order valence-corrected chi connectivity index (χ3v) is 5.39. The molecular formula is C28H58N4O4. The molecule has 0 spiro atoms. The van der Waals surface area contributed by atoms with Crippen molar-refractivity contribution in [2.45, 2.75) is 118 Å². The third-order valence-electron chi connectivity index (χ3n) is 5.39. The number of unbranched alkanes of at least 4 members (excludes halogenated alkanes) is 3. The lowest BCUT2D eigenvalue weighted by Gasteiger charge is -2.29. The summed E-state index contributed by atoms with van der Waals surface area (Å²) >= 11 is 0. The van der Waals surface area contributed by atoms with E-state index in [0.29, 0.717) is 26.2 Å². The lowest BCUT2D eigenvalue weighted by molar-refractivity contribution is 0.0208. The van der Waals surface area contributed by atoms with E-state index in [1.165, 1.54) is 25.7 Å². The van der Waals surface area contributed by atoms with Crippen LogP contribution >= 0.6 is 0 Å². The van der Waals surface area contributed by atoms with Gasteiger partial charge in [0.25, 0.3) is 0 Å². The molecule has 0 fully saturated rings. The van der Waals surface area contributed by atoms with Crippen LogP contribution in [-0.4, -0.2) is 85.5 Å². The molecule has 0 atom stereocenters. The molecule has 36 heavy (non-hydrogen) atoms. The van der Waals surface area contributed by atoms with Gasteiger partial charge < -0.3 is 29.9 Å². The number of hydrogen-bond acceptors (Lipinski definition) is 6. The van der Waals surface area contributed by atoms with Crippen LogP contribution in [0.25, 0.3) is 0 Å². The Bertz CT molecular complexity index is 523. The number of hydrogen-bond donors (Lipinski definition) is 2. The third kappa shape index (κ3) is 20.6. The molecule has 0 heterocycles. The van der Waals surface area contributed by atoms with E-state index in [9.17, 15) is 9.59 Å². The summed E-state index contributed by atoms with van der Waals surface area (Å²) < 4.78 is 11.3. The first-order valence-corrected chi connectivity index (χ1v) is 14.3. The second kappa shape index (κ2) is 19.6. The highest BCUT2D eigenvalue weighted by Gasteiger charge is 2.23. The van der Waals surface area contributed by atoms with Gasteiger partial charge in [-0.2, -0.15) is 0 Å². The highest BCUT2D eigenvalue weighted by molar-refractivity contribution is 5.68. The Labute approximate surface area is 222 Å². The van der Waals surface area contributed by atoms with Gasteiger partial charge in [0, 0.05) is 26.2 Å². The summed E-state index contributed by atoms with van der Waals surface area (Å²) in [7, 11) is 0. The van der Waals surface area contributed by atoms with Crippen molar-refractivity contribution >= 4 is 12.2 Å². The minimum absolute atomic E-state index is 0.266. The van der Waals surface area contributed by atoms with Crippen LogP contribution in [0.15, 0.2) is 0 Å². The van der Waals surface area contributed by atoms with Crippen molar-refractivity contribution in [3.05, 3.63) is 0 Å². The van der Waals surface area contributed by atoms with E-state index in [1.807, 2.05) is 51.3 Å². The van der Waals surface area contributed by atoms with E-state index in [1.54, 1.807) is 0 Å². The van der Waals surface area contributed by atoms with Gasteiger partial charge in [-0.1, -0.05) is 26.7 Å². The zero-order valence-electron chi connectivity index (χ0n) is 24.8. The largest absolute Gasteiger partial charge is 0.444 e. The molecule has 2 N–H and O–H groups in total. The van der Waals surface area contributed by atoms with Crippen LogP contribution in [0.4, 0.5) is 9.59 Å². The monoisotopic (exact) mass is 514 g/mol. The molecule has 0 aliphatic heterocycles. The first-order chi connectivity index (χ1) is 16.9. The molecule has 0 aromatic rings. The Hall–Kier alpha value is -1.54. The quantitative estimate of drug-likeness (QED) is 0.212. The van der Waals surface area contributed by atoms with Gasteiger partial charge in [0.05, 0.1) is 0 Å². The molecule has 0 aliphatic carbocycles. The summed E-state index contributed by atoms with van der Waals surface area (Å²) in [6.07, 6.45) is 7.52. The van der Waals surface area contributed by atoms with Crippen LogP contribution < -0.4 is 10.6 Å². The van der Waals surface area contributed by atoms with Crippen molar-refractivity contribution in [3.63, 3.8) is 0 Å². The SMILES string of the molecule is CCCCNCCCN(CCCCN(CCCNCCCC)C(=O)OC(C)(C)C)C(=O)OC(C)(C)C. The first kappa shape index (κ1) is 34.5. The zero-order chi connectivity index (χ0) is 27.5. The Morgan fingerprint density at radius 1 is 0.556 bits per heavy atom. The van der Waals surface area contributed by atoms with E-state index < -0.39 is 11.2 Å². The van der Waals surface area contributed by atoms with Crippen LogP contribution in [-0.2, 0) is 9.47 Å². The van der Waals surface area contributed by atoms with Gasteiger partial charge in [0.2, 0.25) is 0 Å². The number of amides is 2. The van der Waals surface area contributed by atoms with Crippen LogP contribution in [0.5, 0.6) is 0 Å². The summed E-state index contributed by atoms with van der Waals surface area (Å²) in [5.74, 6) is 0. The molecule has 214 valence electrons. The van der Waals surface area contributed by atoms with E-state index in [2.05, 4.69) is 24.5 Å². The normalized spacial score (nSPS) is 11.9. The minimum Gasteiger partial charge on any atom is -0.444 e. The molecule has 8 nitrogen and oxygen atoms in total. The zero-order valence-corrected chi connectivity index (χ0v) is 24.8. The second-order valence-corrected chi connectivity index (χ2v) is 11.6. The molecule has 0 unspecified atom stereocenters. The van der Waals surface area contributed by atoms with Crippen molar-refractivity contribution in [3.8, 4) is 0 Å². The lowest BCUT2D eigenvalue weighted by atomic mass is 10.2. The highest BCUT2D eigenvalue weighted by Crippen LogP contribution is 2.13. The van der Waals surface area contributed by atoms with E-state index >= 15 is 0 Å². The summed E-state index contributed by atoms with van der Waals surface area (Å²) in [6, 6.07) is 0.